The Hall–Kier alpha value is -0.306. The van der Waals surface area contributed by atoms with Crippen molar-refractivity contribution in [1.29, 1.82) is 0 Å². The van der Waals surface area contributed by atoms with E-state index in [1.807, 2.05) is 0 Å². The zero-order chi connectivity index (χ0) is 13.6. The highest BCUT2D eigenvalue weighted by molar-refractivity contribution is 7.03. The Kier molecular flexibility index (Phi) is 3.79. The van der Waals surface area contributed by atoms with Crippen molar-refractivity contribution in [3.63, 3.8) is 0 Å². The van der Waals surface area contributed by atoms with Gasteiger partial charge in [0, 0.05) is 0 Å². The molecule has 0 fully saturated rings. The first-order valence-electron chi connectivity index (χ1n) is 5.06. The molecule has 0 rings (SSSR count). The average Bonchev–Trinajstić information content (AvgIpc) is 1.71. The Bertz CT molecular complexity index is 253. The summed E-state index contributed by atoms with van der Waals surface area (Å²) in [5.41, 5.74) is 5.14. The smallest absolute Gasteiger partial charge is 0.369 e. The highest BCUT2D eigenvalue weighted by atomic mass is 28.4. The Balaban J connectivity index is 6.17. The summed E-state index contributed by atoms with van der Waals surface area (Å²) in [5.74, 6) is -1.20. The predicted octanol–water partition coefficient (Wildman–Crippen LogP) is 2.99. The lowest BCUT2D eigenvalue weighted by atomic mass is 10.4. The molecule has 0 aliphatic rings. The molecule has 7 heteroatoms. The molecule has 96 valence electrons. The molecule has 16 heavy (non-hydrogen) atoms. The van der Waals surface area contributed by atoms with E-state index in [-0.39, 0.29) is 0 Å². The van der Waals surface area contributed by atoms with Gasteiger partial charge in [0.05, 0.1) is 16.1 Å². The monoisotopic (exact) mass is 271 g/mol. The maximum Gasteiger partial charge on any atom is 0.398 e. The van der Waals surface area contributed by atoms with Crippen molar-refractivity contribution >= 4 is 22.1 Å². The third kappa shape index (κ3) is 2.06. The van der Waals surface area contributed by atoms with Gasteiger partial charge in [0.25, 0.3) is 0 Å². The molecule has 0 unspecified atom stereocenters. The van der Waals surface area contributed by atoms with Crippen LogP contribution in [-0.4, -0.2) is 28.2 Å². The van der Waals surface area contributed by atoms with Crippen LogP contribution in [-0.2, 0) is 4.79 Å². The summed E-state index contributed by atoms with van der Waals surface area (Å²) in [6, 6.07) is 0. The van der Waals surface area contributed by atoms with Gasteiger partial charge in [-0.25, -0.2) is 0 Å². The van der Waals surface area contributed by atoms with E-state index < -0.39 is 32.9 Å². The van der Waals surface area contributed by atoms with Crippen molar-refractivity contribution in [2.75, 3.05) is 0 Å². The number of carbonyl (C=O) groups excluding carboxylic acids is 1. The minimum atomic E-state index is -4.55. The molecule has 0 aromatic heterocycles. The van der Waals surface area contributed by atoms with E-state index in [0.717, 1.165) is 0 Å². The number of primary amides is 1. The fourth-order valence-corrected chi connectivity index (χ4v) is 15.0. The van der Waals surface area contributed by atoms with Crippen LogP contribution < -0.4 is 5.73 Å². The van der Waals surface area contributed by atoms with Crippen molar-refractivity contribution in [3.05, 3.63) is 0 Å². The summed E-state index contributed by atoms with van der Waals surface area (Å²) >= 11 is 0. The number of nitrogens with two attached hydrogens (primary N) is 1. The quantitative estimate of drug-likeness (QED) is 0.788. The molecule has 0 bridgehead atoms. The molecular weight excluding hydrogens is 251 g/mol. The van der Waals surface area contributed by atoms with Gasteiger partial charge in [-0.1, -0.05) is 39.3 Å². The first kappa shape index (κ1) is 15.7. The van der Waals surface area contributed by atoms with Gasteiger partial charge in [0.1, 0.15) is 4.66 Å². The molecule has 0 saturated heterocycles. The number of rotatable bonds is 3. The molecule has 0 aromatic rings. The summed E-state index contributed by atoms with van der Waals surface area (Å²) in [6.45, 7) is 9.35. The summed E-state index contributed by atoms with van der Waals surface area (Å²) in [7, 11) is -5.62. The Morgan fingerprint density at radius 3 is 1.19 bits per heavy atom. The largest absolute Gasteiger partial charge is 0.398 e. The lowest BCUT2D eigenvalue weighted by Crippen LogP contribution is -2.67. The molecule has 0 aromatic carbocycles. The van der Waals surface area contributed by atoms with Crippen LogP contribution in [0.5, 0.6) is 0 Å². The van der Waals surface area contributed by atoms with Crippen molar-refractivity contribution in [2.45, 2.75) is 50.1 Å². The first-order chi connectivity index (χ1) is 6.69. The number of alkyl halides is 3. The Labute approximate surface area is 96.4 Å². The van der Waals surface area contributed by atoms with Crippen LogP contribution >= 0.6 is 0 Å². The third-order valence-electron chi connectivity index (χ3n) is 3.04. The molecule has 2 N–H and O–H groups in total. The van der Waals surface area contributed by atoms with Crippen LogP contribution in [0.3, 0.4) is 0 Å². The fraction of sp³-hybridized carbons (Fsp3) is 0.889. The van der Waals surface area contributed by atoms with Gasteiger partial charge < -0.3 is 5.73 Å². The van der Waals surface area contributed by atoms with Crippen molar-refractivity contribution in [3.8, 4) is 0 Å². The van der Waals surface area contributed by atoms with E-state index in [2.05, 4.69) is 0 Å². The third-order valence-corrected chi connectivity index (χ3v) is 13.1. The molecule has 0 heterocycles. The molecular formula is C9H20F3NOSi2. The topological polar surface area (TPSA) is 43.1 Å². The van der Waals surface area contributed by atoms with Gasteiger partial charge >= 0.3 is 6.18 Å². The molecule has 0 aliphatic heterocycles. The Morgan fingerprint density at radius 2 is 1.19 bits per heavy atom. The average molecular weight is 271 g/mol. The van der Waals surface area contributed by atoms with E-state index in [4.69, 9.17) is 5.73 Å². The molecule has 0 aliphatic carbocycles. The zero-order valence-corrected chi connectivity index (χ0v) is 12.6. The van der Waals surface area contributed by atoms with Crippen LogP contribution in [0.1, 0.15) is 0 Å². The summed E-state index contributed by atoms with van der Waals surface area (Å²) < 4.78 is 37.9. The minimum absolute atomic E-state index is 1.20. The maximum absolute atomic E-state index is 13.4. The number of hydrogen-bond donors (Lipinski definition) is 1. The van der Waals surface area contributed by atoms with Crippen LogP contribution in [0.15, 0.2) is 0 Å². The van der Waals surface area contributed by atoms with Crippen molar-refractivity contribution < 1.29 is 18.0 Å². The van der Waals surface area contributed by atoms with Gasteiger partial charge in [0.2, 0.25) is 5.91 Å². The lowest BCUT2D eigenvalue weighted by Gasteiger charge is -2.49. The van der Waals surface area contributed by atoms with Crippen LogP contribution in [0.4, 0.5) is 13.2 Å². The highest BCUT2D eigenvalue weighted by Gasteiger charge is 2.71. The minimum Gasteiger partial charge on any atom is -0.369 e. The number of carbonyl (C=O) groups is 1. The summed E-state index contributed by atoms with van der Waals surface area (Å²) in [4.78, 5) is 11.5. The van der Waals surface area contributed by atoms with Gasteiger partial charge in [-0.3, -0.25) is 4.79 Å². The van der Waals surface area contributed by atoms with Crippen LogP contribution in [0.25, 0.3) is 0 Å². The fourth-order valence-electron chi connectivity index (χ4n) is 2.85. The molecule has 0 spiro atoms. The van der Waals surface area contributed by atoms with Gasteiger partial charge in [-0.05, 0) is 0 Å². The summed E-state index contributed by atoms with van der Waals surface area (Å²) in [5, 5.41) is 0. The van der Waals surface area contributed by atoms with Crippen molar-refractivity contribution in [2.24, 2.45) is 5.73 Å². The number of halogens is 3. The van der Waals surface area contributed by atoms with E-state index in [1.54, 1.807) is 39.3 Å². The predicted molar refractivity (Wildman–Crippen MR) is 64.6 cm³/mol. The van der Waals surface area contributed by atoms with Gasteiger partial charge in [-0.15, -0.1) is 0 Å². The van der Waals surface area contributed by atoms with Crippen molar-refractivity contribution in [1.82, 2.24) is 0 Å². The molecule has 0 radical (unpaired) electrons. The maximum atomic E-state index is 13.4. The second-order valence-electron chi connectivity index (χ2n) is 6.11. The van der Waals surface area contributed by atoms with E-state index in [9.17, 15) is 18.0 Å². The van der Waals surface area contributed by atoms with E-state index in [0.29, 0.717) is 0 Å². The zero-order valence-electron chi connectivity index (χ0n) is 10.6. The SMILES string of the molecule is C[Si](C)(C)C(C(N)=O)(C(F)(F)F)[Si](C)(C)C. The lowest BCUT2D eigenvalue weighted by molar-refractivity contribution is -0.162. The Morgan fingerprint density at radius 1 is 0.938 bits per heavy atom. The van der Waals surface area contributed by atoms with E-state index in [1.165, 1.54) is 0 Å². The molecule has 1 amide bonds. The number of hydrogen-bond acceptors (Lipinski definition) is 1. The second-order valence-corrected chi connectivity index (χ2v) is 17.1. The molecule has 2 nitrogen and oxygen atoms in total. The van der Waals surface area contributed by atoms with Gasteiger partial charge in [0.15, 0.2) is 0 Å². The highest BCUT2D eigenvalue weighted by Crippen LogP contribution is 2.57. The molecule has 0 atom stereocenters. The standard InChI is InChI=1S/C9H20F3NOSi2/c1-15(2,3)8(7(13)14,9(10,11)12)16(4,5)6/h1-6H3,(H2,13,14). The van der Waals surface area contributed by atoms with Crippen LogP contribution in [0.2, 0.25) is 43.9 Å². The first-order valence-corrected chi connectivity index (χ1v) is 12.1. The summed E-state index contributed by atoms with van der Waals surface area (Å²) in [6.07, 6.45) is -4.55. The van der Waals surface area contributed by atoms with E-state index >= 15 is 0 Å². The number of amides is 1. The second kappa shape index (κ2) is 3.87. The van der Waals surface area contributed by atoms with Crippen LogP contribution in [0, 0.1) is 0 Å². The van der Waals surface area contributed by atoms with Gasteiger partial charge in [-0.2, -0.15) is 13.2 Å². The molecule has 0 saturated carbocycles. The normalized spacial score (nSPS) is 15.1.